The normalized spacial score (nSPS) is 11.9. The number of hydrogen-bond acceptors (Lipinski definition) is 4. The molecule has 0 aliphatic rings. The van der Waals surface area contributed by atoms with Crippen LogP contribution in [0.4, 0.5) is 5.69 Å². The first-order valence-corrected chi connectivity index (χ1v) is 17.5. The summed E-state index contributed by atoms with van der Waals surface area (Å²) in [6, 6.07) is 27.2. The molecular formula is C36H39Cl2N3O4S. The quantitative estimate of drug-likeness (QED) is 0.152. The van der Waals surface area contributed by atoms with Crippen LogP contribution < -0.4 is 9.62 Å². The van der Waals surface area contributed by atoms with Gasteiger partial charge in [-0.2, -0.15) is 0 Å². The van der Waals surface area contributed by atoms with Crippen LogP contribution in [-0.2, 0) is 39.0 Å². The smallest absolute Gasteiger partial charge is 0.264 e. The average Bonchev–Trinajstić information content (AvgIpc) is 3.06. The molecule has 242 valence electrons. The van der Waals surface area contributed by atoms with Crippen molar-refractivity contribution in [1.29, 1.82) is 0 Å². The summed E-state index contributed by atoms with van der Waals surface area (Å²) in [6.45, 7) is 5.66. The first-order chi connectivity index (χ1) is 22.0. The Morgan fingerprint density at radius 1 is 0.826 bits per heavy atom. The largest absolute Gasteiger partial charge is 0.354 e. The summed E-state index contributed by atoms with van der Waals surface area (Å²) in [5.74, 6) is -0.874. The van der Waals surface area contributed by atoms with Gasteiger partial charge in [0.2, 0.25) is 11.8 Å². The van der Waals surface area contributed by atoms with Gasteiger partial charge in [0.15, 0.2) is 0 Å². The Bertz CT molecular complexity index is 1750. The fraction of sp³-hybridized carbons (Fsp3) is 0.278. The van der Waals surface area contributed by atoms with Gasteiger partial charge in [0.1, 0.15) is 12.6 Å². The number of anilines is 1. The SMILES string of the molecule is CCCNC(=O)[C@@H](Cc1ccccc1)N(Cc1ccc(Cl)c(Cl)c1)C(=O)CN(c1ccccc1CC)S(=O)(=O)c1ccc(C)cc1. The van der Waals surface area contributed by atoms with Crippen molar-refractivity contribution in [3.8, 4) is 0 Å². The lowest BCUT2D eigenvalue weighted by Crippen LogP contribution is -2.53. The molecule has 4 aromatic carbocycles. The fourth-order valence-corrected chi connectivity index (χ4v) is 6.93. The van der Waals surface area contributed by atoms with E-state index in [9.17, 15) is 18.0 Å². The summed E-state index contributed by atoms with van der Waals surface area (Å²) in [6.07, 6.45) is 1.48. The van der Waals surface area contributed by atoms with Crippen molar-refractivity contribution in [3.63, 3.8) is 0 Å². The molecule has 0 aliphatic carbocycles. The van der Waals surface area contributed by atoms with Crippen molar-refractivity contribution in [2.75, 3.05) is 17.4 Å². The third-order valence-electron chi connectivity index (χ3n) is 7.69. The van der Waals surface area contributed by atoms with Gasteiger partial charge in [0, 0.05) is 19.5 Å². The summed E-state index contributed by atoms with van der Waals surface area (Å²) < 4.78 is 29.7. The lowest BCUT2D eigenvalue weighted by Gasteiger charge is -2.34. The molecule has 4 rings (SSSR count). The van der Waals surface area contributed by atoms with E-state index in [1.54, 1.807) is 54.6 Å². The van der Waals surface area contributed by atoms with Crippen LogP contribution in [0.25, 0.3) is 0 Å². The molecule has 46 heavy (non-hydrogen) atoms. The molecule has 0 saturated carbocycles. The molecule has 10 heteroatoms. The highest BCUT2D eigenvalue weighted by atomic mass is 35.5. The Balaban J connectivity index is 1.83. The van der Waals surface area contributed by atoms with E-state index in [2.05, 4.69) is 5.32 Å². The van der Waals surface area contributed by atoms with Gasteiger partial charge in [-0.05, 0) is 66.8 Å². The van der Waals surface area contributed by atoms with E-state index < -0.39 is 28.5 Å². The van der Waals surface area contributed by atoms with Crippen LogP contribution in [0.15, 0.2) is 102 Å². The minimum atomic E-state index is -4.19. The minimum absolute atomic E-state index is 0.000607. The summed E-state index contributed by atoms with van der Waals surface area (Å²) in [5.41, 5.74) is 3.58. The van der Waals surface area contributed by atoms with Crippen LogP contribution >= 0.6 is 23.2 Å². The first kappa shape index (κ1) is 35.0. The number of halogens is 2. The minimum Gasteiger partial charge on any atom is -0.354 e. The van der Waals surface area contributed by atoms with Crippen LogP contribution in [0, 0.1) is 6.92 Å². The zero-order valence-corrected chi connectivity index (χ0v) is 28.6. The van der Waals surface area contributed by atoms with Gasteiger partial charge >= 0.3 is 0 Å². The molecule has 0 fully saturated rings. The van der Waals surface area contributed by atoms with Crippen molar-refractivity contribution in [2.24, 2.45) is 0 Å². The van der Waals surface area contributed by atoms with E-state index in [-0.39, 0.29) is 23.8 Å². The lowest BCUT2D eigenvalue weighted by molar-refractivity contribution is -0.140. The number of aryl methyl sites for hydroxylation is 2. The summed E-state index contributed by atoms with van der Waals surface area (Å²) >= 11 is 12.5. The number of rotatable bonds is 14. The maximum atomic E-state index is 14.6. The van der Waals surface area contributed by atoms with E-state index in [0.29, 0.717) is 40.7 Å². The number of sulfonamides is 1. The Hall–Kier alpha value is -3.85. The summed E-state index contributed by atoms with van der Waals surface area (Å²) in [5, 5.41) is 3.61. The highest BCUT2D eigenvalue weighted by Gasteiger charge is 2.35. The van der Waals surface area contributed by atoms with Crippen molar-refractivity contribution in [3.05, 3.63) is 129 Å². The molecule has 0 saturated heterocycles. The fourth-order valence-electron chi connectivity index (χ4n) is 5.16. The molecule has 0 spiro atoms. The Labute approximate surface area is 282 Å². The van der Waals surface area contributed by atoms with Gasteiger partial charge < -0.3 is 10.2 Å². The maximum Gasteiger partial charge on any atom is 0.264 e. The van der Waals surface area contributed by atoms with Gasteiger partial charge in [-0.25, -0.2) is 8.42 Å². The standard InChI is InChI=1S/C36H39Cl2N3O4S/c1-4-21-39-36(43)34(23-27-11-7-6-8-12-27)40(24-28-17-20-31(37)32(38)22-28)35(42)25-41(33-14-10-9-13-29(33)5-2)46(44,45)30-18-15-26(3)16-19-30/h6-20,22,34H,4-5,21,23-25H2,1-3H3,(H,39,43)/t34-/m1/s1. The molecule has 1 N–H and O–H groups in total. The molecular weight excluding hydrogens is 641 g/mol. The van der Waals surface area contributed by atoms with Gasteiger partial charge in [0.25, 0.3) is 10.0 Å². The number of para-hydroxylation sites is 1. The molecule has 7 nitrogen and oxygen atoms in total. The second-order valence-electron chi connectivity index (χ2n) is 11.1. The molecule has 0 bridgehead atoms. The Morgan fingerprint density at radius 2 is 1.50 bits per heavy atom. The van der Waals surface area contributed by atoms with Crippen LogP contribution in [0.3, 0.4) is 0 Å². The number of amides is 2. The molecule has 0 aliphatic heterocycles. The molecule has 0 aromatic heterocycles. The van der Waals surface area contributed by atoms with Crippen molar-refractivity contribution < 1.29 is 18.0 Å². The van der Waals surface area contributed by atoms with Gasteiger partial charge in [0.05, 0.1) is 20.6 Å². The third kappa shape index (κ3) is 8.69. The summed E-state index contributed by atoms with van der Waals surface area (Å²) in [7, 11) is -4.19. The summed E-state index contributed by atoms with van der Waals surface area (Å²) in [4.78, 5) is 29.9. The van der Waals surface area contributed by atoms with Crippen LogP contribution in [0.5, 0.6) is 0 Å². The maximum absolute atomic E-state index is 14.6. The number of nitrogens with zero attached hydrogens (tertiary/aromatic N) is 2. The highest BCUT2D eigenvalue weighted by Crippen LogP contribution is 2.29. The number of carbonyl (C=O) groups excluding carboxylic acids is 2. The van der Waals surface area contributed by atoms with E-state index in [1.165, 1.54) is 4.90 Å². The van der Waals surface area contributed by atoms with E-state index >= 15 is 0 Å². The monoisotopic (exact) mass is 679 g/mol. The van der Waals surface area contributed by atoms with Gasteiger partial charge in [-0.3, -0.25) is 13.9 Å². The predicted octanol–water partition coefficient (Wildman–Crippen LogP) is 7.23. The van der Waals surface area contributed by atoms with Crippen LogP contribution in [-0.4, -0.2) is 44.3 Å². The third-order valence-corrected chi connectivity index (χ3v) is 10.2. The van der Waals surface area contributed by atoms with E-state index in [4.69, 9.17) is 23.2 Å². The first-order valence-electron chi connectivity index (χ1n) is 15.3. The highest BCUT2D eigenvalue weighted by molar-refractivity contribution is 7.92. The molecule has 0 heterocycles. The zero-order valence-electron chi connectivity index (χ0n) is 26.2. The number of nitrogens with one attached hydrogen (secondary N) is 1. The molecule has 0 unspecified atom stereocenters. The van der Waals surface area contributed by atoms with E-state index in [0.717, 1.165) is 21.0 Å². The molecule has 0 radical (unpaired) electrons. The molecule has 1 atom stereocenters. The van der Waals surface area contributed by atoms with Crippen LogP contribution in [0.1, 0.15) is 42.5 Å². The van der Waals surface area contributed by atoms with Crippen LogP contribution in [0.2, 0.25) is 10.0 Å². The van der Waals surface area contributed by atoms with Crippen molar-refractivity contribution >= 4 is 50.7 Å². The van der Waals surface area contributed by atoms with Gasteiger partial charge in [-0.15, -0.1) is 0 Å². The lowest BCUT2D eigenvalue weighted by atomic mass is 10.0. The average molecular weight is 681 g/mol. The molecule has 4 aromatic rings. The van der Waals surface area contributed by atoms with E-state index in [1.807, 2.05) is 63.2 Å². The van der Waals surface area contributed by atoms with Gasteiger partial charge in [-0.1, -0.05) is 109 Å². The second-order valence-corrected chi connectivity index (χ2v) is 13.8. The number of carbonyl (C=O) groups is 2. The zero-order chi connectivity index (χ0) is 33.3. The predicted molar refractivity (Wildman–Crippen MR) is 186 cm³/mol. The Morgan fingerprint density at radius 3 is 2.15 bits per heavy atom. The Kier molecular flexibility index (Phi) is 12.3. The topological polar surface area (TPSA) is 86.8 Å². The number of hydrogen-bond donors (Lipinski definition) is 1. The molecule has 2 amide bonds. The number of benzene rings is 4. The van der Waals surface area contributed by atoms with Crippen molar-refractivity contribution in [1.82, 2.24) is 10.2 Å². The second kappa shape index (κ2) is 16.1. The van der Waals surface area contributed by atoms with Crippen molar-refractivity contribution in [2.45, 2.75) is 57.5 Å².